The van der Waals surface area contributed by atoms with Gasteiger partial charge in [-0.1, -0.05) is 30.7 Å². The van der Waals surface area contributed by atoms with Gasteiger partial charge >= 0.3 is 0 Å². The zero-order valence-corrected chi connectivity index (χ0v) is 17.5. The number of amides is 1. The van der Waals surface area contributed by atoms with Crippen molar-refractivity contribution >= 4 is 21.6 Å². The van der Waals surface area contributed by atoms with E-state index >= 15 is 0 Å². The molecule has 0 saturated carbocycles. The molecule has 156 valence electrons. The first-order valence-electron chi connectivity index (χ1n) is 9.89. The summed E-state index contributed by atoms with van der Waals surface area (Å²) in [4.78, 5) is 17.2. The molecule has 0 bridgehead atoms. The van der Waals surface area contributed by atoms with Crippen molar-refractivity contribution < 1.29 is 17.6 Å². The van der Waals surface area contributed by atoms with E-state index in [2.05, 4.69) is 10.3 Å². The van der Waals surface area contributed by atoms with Gasteiger partial charge in [0.25, 0.3) is 5.91 Å². The SMILES string of the molecule is Cc1oc(-c2ccccc2)nc1C(=O)Nc1cccc(S(=O)(=O)N2CCCCC2)c1. The molecule has 2 aromatic carbocycles. The van der Waals surface area contributed by atoms with E-state index in [4.69, 9.17) is 4.42 Å². The molecule has 1 N–H and O–H groups in total. The monoisotopic (exact) mass is 425 g/mol. The van der Waals surface area contributed by atoms with Gasteiger partial charge < -0.3 is 9.73 Å². The van der Waals surface area contributed by atoms with Crippen molar-refractivity contribution in [1.82, 2.24) is 9.29 Å². The van der Waals surface area contributed by atoms with Crippen LogP contribution < -0.4 is 5.32 Å². The third-order valence-corrected chi connectivity index (χ3v) is 6.97. The van der Waals surface area contributed by atoms with Crippen molar-refractivity contribution in [3.63, 3.8) is 0 Å². The Bertz CT molecular complexity index is 1150. The standard InChI is InChI=1S/C22H23N3O4S/c1-16-20(24-22(29-16)17-9-4-2-5-10-17)21(26)23-18-11-8-12-19(15-18)30(27,28)25-13-6-3-7-14-25/h2,4-5,8-12,15H,3,6-7,13-14H2,1H3,(H,23,26). The maximum atomic E-state index is 12.9. The Balaban J connectivity index is 1.55. The molecule has 0 aliphatic carbocycles. The molecule has 0 unspecified atom stereocenters. The number of piperidine rings is 1. The number of carbonyl (C=O) groups excluding carboxylic acids is 1. The van der Waals surface area contributed by atoms with Crippen LogP contribution in [-0.2, 0) is 10.0 Å². The second-order valence-corrected chi connectivity index (χ2v) is 9.17. The van der Waals surface area contributed by atoms with Gasteiger partial charge in [-0.05, 0) is 50.1 Å². The lowest BCUT2D eigenvalue weighted by Crippen LogP contribution is -2.35. The number of oxazole rings is 1. The van der Waals surface area contributed by atoms with Crippen LogP contribution in [0.15, 0.2) is 63.9 Å². The zero-order chi connectivity index (χ0) is 21.1. The number of aromatic nitrogens is 1. The molecule has 1 aromatic heterocycles. The molecule has 4 rings (SSSR count). The number of nitrogens with one attached hydrogen (secondary N) is 1. The number of carbonyl (C=O) groups is 1. The van der Waals surface area contributed by atoms with Gasteiger partial charge in [-0.25, -0.2) is 13.4 Å². The lowest BCUT2D eigenvalue weighted by Gasteiger charge is -2.26. The number of aryl methyl sites for hydroxylation is 1. The number of benzene rings is 2. The van der Waals surface area contributed by atoms with Crippen LogP contribution in [0.3, 0.4) is 0 Å². The predicted molar refractivity (Wildman–Crippen MR) is 114 cm³/mol. The molecule has 1 saturated heterocycles. The van der Waals surface area contributed by atoms with Crippen LogP contribution in [0.25, 0.3) is 11.5 Å². The van der Waals surface area contributed by atoms with Crippen LogP contribution in [0.2, 0.25) is 0 Å². The fraction of sp³-hybridized carbons (Fsp3) is 0.273. The van der Waals surface area contributed by atoms with Crippen molar-refractivity contribution in [2.24, 2.45) is 0 Å². The summed E-state index contributed by atoms with van der Waals surface area (Å²) in [6.07, 6.45) is 2.78. The maximum absolute atomic E-state index is 12.9. The summed E-state index contributed by atoms with van der Waals surface area (Å²) in [6.45, 7) is 2.73. The van der Waals surface area contributed by atoms with Crippen LogP contribution in [0.1, 0.15) is 35.5 Å². The third-order valence-electron chi connectivity index (χ3n) is 5.08. The molecule has 1 amide bonds. The van der Waals surface area contributed by atoms with E-state index in [9.17, 15) is 13.2 Å². The highest BCUT2D eigenvalue weighted by molar-refractivity contribution is 7.89. The van der Waals surface area contributed by atoms with Crippen molar-refractivity contribution in [2.45, 2.75) is 31.1 Å². The summed E-state index contributed by atoms with van der Waals surface area (Å²) in [5, 5.41) is 2.73. The Kier molecular flexibility index (Phi) is 5.69. The summed E-state index contributed by atoms with van der Waals surface area (Å²) in [6, 6.07) is 15.6. The molecule has 3 aromatic rings. The highest BCUT2D eigenvalue weighted by Gasteiger charge is 2.26. The Labute approximate surface area is 175 Å². The number of anilines is 1. The lowest BCUT2D eigenvalue weighted by molar-refractivity contribution is 0.102. The smallest absolute Gasteiger partial charge is 0.277 e. The summed E-state index contributed by atoms with van der Waals surface area (Å²) < 4.78 is 32.9. The Hall–Kier alpha value is -2.97. The topological polar surface area (TPSA) is 92.5 Å². The van der Waals surface area contributed by atoms with E-state index in [1.165, 1.54) is 10.4 Å². The van der Waals surface area contributed by atoms with Crippen LogP contribution in [-0.4, -0.2) is 36.7 Å². The van der Waals surface area contributed by atoms with E-state index in [1.54, 1.807) is 25.1 Å². The van der Waals surface area contributed by atoms with Crippen LogP contribution in [0.4, 0.5) is 5.69 Å². The third kappa shape index (κ3) is 4.15. The van der Waals surface area contributed by atoms with Crippen LogP contribution in [0, 0.1) is 6.92 Å². The summed E-state index contributed by atoms with van der Waals surface area (Å²) >= 11 is 0. The maximum Gasteiger partial charge on any atom is 0.277 e. The minimum atomic E-state index is -3.58. The average molecular weight is 426 g/mol. The first-order chi connectivity index (χ1) is 14.4. The largest absolute Gasteiger partial charge is 0.441 e. The second-order valence-electron chi connectivity index (χ2n) is 7.24. The van der Waals surface area contributed by atoms with Crippen LogP contribution in [0.5, 0.6) is 0 Å². The van der Waals surface area contributed by atoms with E-state index in [1.807, 2.05) is 30.3 Å². The van der Waals surface area contributed by atoms with E-state index in [0.29, 0.717) is 30.4 Å². The Morgan fingerprint density at radius 1 is 1.03 bits per heavy atom. The van der Waals surface area contributed by atoms with E-state index < -0.39 is 15.9 Å². The zero-order valence-electron chi connectivity index (χ0n) is 16.7. The van der Waals surface area contributed by atoms with Gasteiger partial charge in [0.15, 0.2) is 5.69 Å². The fourth-order valence-corrected chi connectivity index (χ4v) is 5.05. The quantitative estimate of drug-likeness (QED) is 0.665. The number of nitrogens with zero attached hydrogens (tertiary/aromatic N) is 2. The van der Waals surface area contributed by atoms with Crippen molar-refractivity contribution in [3.8, 4) is 11.5 Å². The van der Waals surface area contributed by atoms with E-state index in [-0.39, 0.29) is 10.6 Å². The van der Waals surface area contributed by atoms with Crippen LogP contribution >= 0.6 is 0 Å². The lowest BCUT2D eigenvalue weighted by atomic mass is 10.2. The molecule has 0 spiro atoms. The summed E-state index contributed by atoms with van der Waals surface area (Å²) in [5.74, 6) is 0.300. The summed E-state index contributed by atoms with van der Waals surface area (Å²) in [5.41, 5.74) is 1.33. The number of sulfonamides is 1. The molecule has 30 heavy (non-hydrogen) atoms. The van der Waals surface area contributed by atoms with E-state index in [0.717, 1.165) is 24.8 Å². The molecule has 2 heterocycles. The normalized spacial score (nSPS) is 15.1. The Morgan fingerprint density at radius 3 is 2.50 bits per heavy atom. The van der Waals surface area contributed by atoms with Gasteiger partial charge in [0, 0.05) is 24.3 Å². The fourth-order valence-electron chi connectivity index (χ4n) is 3.49. The highest BCUT2D eigenvalue weighted by Crippen LogP contribution is 2.25. The predicted octanol–water partition coefficient (Wildman–Crippen LogP) is 4.08. The van der Waals surface area contributed by atoms with Crippen molar-refractivity contribution in [3.05, 3.63) is 66.1 Å². The first kappa shape index (κ1) is 20.3. The number of rotatable bonds is 5. The molecule has 1 aliphatic rings. The van der Waals surface area contributed by atoms with Crippen molar-refractivity contribution in [2.75, 3.05) is 18.4 Å². The average Bonchev–Trinajstić information content (AvgIpc) is 3.17. The van der Waals surface area contributed by atoms with Gasteiger partial charge in [0.1, 0.15) is 5.76 Å². The van der Waals surface area contributed by atoms with Crippen molar-refractivity contribution in [1.29, 1.82) is 0 Å². The second kappa shape index (κ2) is 8.41. The minimum absolute atomic E-state index is 0.165. The molecule has 1 aliphatic heterocycles. The number of hydrogen-bond donors (Lipinski definition) is 1. The molecule has 0 atom stereocenters. The van der Waals surface area contributed by atoms with Gasteiger partial charge in [0.2, 0.25) is 15.9 Å². The summed E-state index contributed by atoms with van der Waals surface area (Å²) in [7, 11) is -3.58. The van der Waals surface area contributed by atoms with Gasteiger partial charge in [0.05, 0.1) is 4.90 Å². The molecule has 0 radical (unpaired) electrons. The highest BCUT2D eigenvalue weighted by atomic mass is 32.2. The molecule has 8 heteroatoms. The molecular formula is C22H23N3O4S. The molecule has 7 nitrogen and oxygen atoms in total. The molecular weight excluding hydrogens is 402 g/mol. The first-order valence-corrected chi connectivity index (χ1v) is 11.3. The van der Waals surface area contributed by atoms with Gasteiger partial charge in [-0.15, -0.1) is 0 Å². The minimum Gasteiger partial charge on any atom is -0.441 e. The molecule has 1 fully saturated rings. The Morgan fingerprint density at radius 2 is 1.77 bits per heavy atom. The van der Waals surface area contributed by atoms with Gasteiger partial charge in [-0.3, -0.25) is 4.79 Å². The number of hydrogen-bond acceptors (Lipinski definition) is 5. The van der Waals surface area contributed by atoms with Gasteiger partial charge in [-0.2, -0.15) is 4.31 Å².